The van der Waals surface area contributed by atoms with E-state index in [1.54, 1.807) is 4.90 Å². The number of para-hydroxylation sites is 1. The lowest BCUT2D eigenvalue weighted by Gasteiger charge is -2.32. The van der Waals surface area contributed by atoms with Gasteiger partial charge in [-0.15, -0.1) is 0 Å². The van der Waals surface area contributed by atoms with E-state index in [4.69, 9.17) is 4.74 Å². The molecule has 1 aliphatic heterocycles. The molecule has 5 heteroatoms. The van der Waals surface area contributed by atoms with Crippen molar-refractivity contribution in [1.29, 1.82) is 0 Å². The van der Waals surface area contributed by atoms with Crippen molar-refractivity contribution in [1.82, 2.24) is 10.2 Å². The molecule has 146 valence electrons. The molecule has 4 rings (SSSR count). The van der Waals surface area contributed by atoms with Crippen LogP contribution in [0, 0.1) is 0 Å². The third kappa shape index (κ3) is 4.03. The summed E-state index contributed by atoms with van der Waals surface area (Å²) in [6, 6.07) is 16.7. The Bertz CT molecular complexity index is 831. The molecule has 2 aliphatic rings. The van der Waals surface area contributed by atoms with Crippen LogP contribution in [0.3, 0.4) is 0 Å². The highest BCUT2D eigenvalue weighted by Crippen LogP contribution is 2.30. The first kappa shape index (κ1) is 18.5. The average molecular weight is 378 g/mol. The van der Waals surface area contributed by atoms with Gasteiger partial charge in [0.25, 0.3) is 5.91 Å². The quantitative estimate of drug-likeness (QED) is 0.884. The summed E-state index contributed by atoms with van der Waals surface area (Å²) in [5, 5.41) is 3.21. The van der Waals surface area contributed by atoms with Gasteiger partial charge in [-0.1, -0.05) is 67.8 Å². The number of nitrogens with zero attached hydrogens (tertiary/aromatic N) is 1. The number of carbonyl (C=O) groups is 2. The van der Waals surface area contributed by atoms with Gasteiger partial charge < -0.3 is 15.0 Å². The molecular weight excluding hydrogens is 352 g/mol. The molecule has 1 saturated carbocycles. The lowest BCUT2D eigenvalue weighted by molar-refractivity contribution is -0.142. The molecule has 28 heavy (non-hydrogen) atoms. The molecule has 0 bridgehead atoms. The van der Waals surface area contributed by atoms with Crippen LogP contribution in [-0.4, -0.2) is 29.4 Å². The van der Waals surface area contributed by atoms with Crippen LogP contribution in [0.4, 0.5) is 0 Å². The number of hydrogen-bond donors (Lipinski definition) is 1. The van der Waals surface area contributed by atoms with E-state index < -0.39 is 6.04 Å². The normalized spacial score (nSPS) is 18.6. The Labute approximate surface area is 165 Å². The monoisotopic (exact) mass is 378 g/mol. The van der Waals surface area contributed by atoms with E-state index in [0.29, 0.717) is 12.3 Å². The molecule has 0 radical (unpaired) electrons. The first-order valence-corrected chi connectivity index (χ1v) is 10.1. The molecule has 0 spiro atoms. The molecule has 5 nitrogen and oxygen atoms in total. The maximum atomic E-state index is 13.3. The summed E-state index contributed by atoms with van der Waals surface area (Å²) in [7, 11) is 0. The van der Waals surface area contributed by atoms with Crippen molar-refractivity contribution in [3.63, 3.8) is 0 Å². The summed E-state index contributed by atoms with van der Waals surface area (Å²) in [5.41, 5.74) is 1.74. The molecule has 1 unspecified atom stereocenters. The largest absolute Gasteiger partial charge is 0.483 e. The number of hydrogen-bond acceptors (Lipinski definition) is 3. The van der Waals surface area contributed by atoms with Gasteiger partial charge in [0.2, 0.25) is 5.91 Å². The van der Waals surface area contributed by atoms with Crippen molar-refractivity contribution >= 4 is 11.8 Å². The van der Waals surface area contributed by atoms with Crippen LogP contribution in [0.2, 0.25) is 0 Å². The number of amides is 2. The Balaban J connectivity index is 1.64. The molecule has 1 fully saturated rings. The average Bonchev–Trinajstić information content (AvgIpc) is 2.89. The maximum Gasteiger partial charge on any atom is 0.261 e. The van der Waals surface area contributed by atoms with Gasteiger partial charge in [0.1, 0.15) is 11.8 Å². The van der Waals surface area contributed by atoms with Crippen molar-refractivity contribution in [2.45, 2.75) is 50.7 Å². The summed E-state index contributed by atoms with van der Waals surface area (Å²) in [6.07, 6.45) is 5.53. The molecule has 0 saturated heterocycles. The highest BCUT2D eigenvalue weighted by atomic mass is 16.5. The second-order valence-electron chi connectivity index (χ2n) is 7.57. The number of nitrogens with one attached hydrogen (secondary N) is 1. The zero-order valence-corrected chi connectivity index (χ0v) is 16.0. The van der Waals surface area contributed by atoms with Crippen LogP contribution < -0.4 is 10.1 Å². The standard InChI is InChI=1S/C23H26N2O3/c26-21-16-28-20-14-8-7-11-18(20)15-25(21)22(17-9-3-1-4-10-17)23(27)24-19-12-5-2-6-13-19/h1,3-4,7-11,14,19,22H,2,5-6,12-13,15-16H2,(H,24,27). The zero-order chi connectivity index (χ0) is 19.3. The lowest BCUT2D eigenvalue weighted by Crippen LogP contribution is -2.47. The van der Waals surface area contributed by atoms with Gasteiger partial charge in [0.05, 0.1) is 6.54 Å². The van der Waals surface area contributed by atoms with Crippen LogP contribution >= 0.6 is 0 Å². The third-order valence-electron chi connectivity index (χ3n) is 5.61. The van der Waals surface area contributed by atoms with Gasteiger partial charge in [-0.05, 0) is 24.5 Å². The second kappa shape index (κ2) is 8.46. The van der Waals surface area contributed by atoms with E-state index >= 15 is 0 Å². The maximum absolute atomic E-state index is 13.3. The summed E-state index contributed by atoms with van der Waals surface area (Å²) in [4.78, 5) is 27.9. The van der Waals surface area contributed by atoms with Gasteiger partial charge in [0.15, 0.2) is 6.61 Å². The van der Waals surface area contributed by atoms with Gasteiger partial charge in [-0.3, -0.25) is 9.59 Å². The molecule has 0 aromatic heterocycles. The Morgan fingerprint density at radius 2 is 1.71 bits per heavy atom. The van der Waals surface area contributed by atoms with Gasteiger partial charge in [-0.25, -0.2) is 0 Å². The van der Waals surface area contributed by atoms with E-state index in [9.17, 15) is 9.59 Å². The fourth-order valence-corrected chi connectivity index (χ4v) is 4.14. The van der Waals surface area contributed by atoms with Crippen molar-refractivity contribution in [2.75, 3.05) is 6.61 Å². The fourth-order valence-electron chi connectivity index (χ4n) is 4.14. The van der Waals surface area contributed by atoms with Crippen LogP contribution in [-0.2, 0) is 16.1 Å². The Kier molecular flexibility index (Phi) is 5.60. The molecule has 2 aromatic carbocycles. The van der Waals surface area contributed by atoms with Gasteiger partial charge >= 0.3 is 0 Å². The van der Waals surface area contributed by atoms with E-state index in [2.05, 4.69) is 5.32 Å². The third-order valence-corrected chi connectivity index (χ3v) is 5.61. The highest BCUT2D eigenvalue weighted by Gasteiger charge is 2.34. The first-order chi connectivity index (χ1) is 13.7. The number of rotatable bonds is 4. The second-order valence-corrected chi connectivity index (χ2v) is 7.57. The number of fused-ring (bicyclic) bond motifs is 1. The predicted octanol–water partition coefficient (Wildman–Crippen LogP) is 3.60. The van der Waals surface area contributed by atoms with E-state index in [1.165, 1.54) is 6.42 Å². The summed E-state index contributed by atoms with van der Waals surface area (Å²) >= 11 is 0. The van der Waals surface area contributed by atoms with Crippen molar-refractivity contribution in [2.24, 2.45) is 0 Å². The van der Waals surface area contributed by atoms with Crippen molar-refractivity contribution < 1.29 is 14.3 Å². The zero-order valence-electron chi connectivity index (χ0n) is 16.0. The molecule has 1 heterocycles. The fraction of sp³-hybridized carbons (Fsp3) is 0.391. The van der Waals surface area contributed by atoms with Crippen LogP contribution in [0.1, 0.15) is 49.3 Å². The molecule has 1 aliphatic carbocycles. The Hall–Kier alpha value is -2.82. The number of carbonyl (C=O) groups excluding carboxylic acids is 2. The van der Waals surface area contributed by atoms with Gasteiger partial charge in [-0.2, -0.15) is 0 Å². The lowest BCUT2D eigenvalue weighted by atomic mass is 9.94. The summed E-state index contributed by atoms with van der Waals surface area (Å²) in [5.74, 6) is 0.424. The topological polar surface area (TPSA) is 58.6 Å². The highest BCUT2D eigenvalue weighted by molar-refractivity contribution is 5.89. The molecule has 1 N–H and O–H groups in total. The molecule has 2 aromatic rings. The predicted molar refractivity (Wildman–Crippen MR) is 107 cm³/mol. The number of ether oxygens (including phenoxy) is 1. The van der Waals surface area contributed by atoms with E-state index in [0.717, 1.165) is 36.8 Å². The summed E-state index contributed by atoms with van der Waals surface area (Å²) < 4.78 is 5.68. The number of benzene rings is 2. The minimum Gasteiger partial charge on any atom is -0.483 e. The Morgan fingerprint density at radius 1 is 1.00 bits per heavy atom. The SMILES string of the molecule is O=C(NC1CCCCC1)C(c1ccccc1)N1Cc2ccccc2OCC1=O. The first-order valence-electron chi connectivity index (χ1n) is 10.1. The van der Waals surface area contributed by atoms with E-state index in [-0.39, 0.29) is 24.5 Å². The van der Waals surface area contributed by atoms with Crippen molar-refractivity contribution in [3.8, 4) is 5.75 Å². The van der Waals surface area contributed by atoms with Gasteiger partial charge in [0, 0.05) is 11.6 Å². The molecule has 2 amide bonds. The minimum absolute atomic E-state index is 0.0585. The van der Waals surface area contributed by atoms with E-state index in [1.807, 2.05) is 54.6 Å². The van der Waals surface area contributed by atoms with Crippen LogP contribution in [0.5, 0.6) is 5.75 Å². The summed E-state index contributed by atoms with van der Waals surface area (Å²) in [6.45, 7) is 0.295. The smallest absolute Gasteiger partial charge is 0.261 e. The Morgan fingerprint density at radius 3 is 2.50 bits per heavy atom. The van der Waals surface area contributed by atoms with Crippen molar-refractivity contribution in [3.05, 3.63) is 65.7 Å². The van der Waals surface area contributed by atoms with Crippen LogP contribution in [0.15, 0.2) is 54.6 Å². The van der Waals surface area contributed by atoms with Crippen LogP contribution in [0.25, 0.3) is 0 Å². The minimum atomic E-state index is -0.662. The molecule has 1 atom stereocenters. The molecular formula is C23H26N2O3.